The third-order valence-electron chi connectivity index (χ3n) is 7.21. The van der Waals surface area contributed by atoms with E-state index in [0.29, 0.717) is 11.5 Å². The minimum absolute atomic E-state index is 0.606. The van der Waals surface area contributed by atoms with E-state index in [2.05, 4.69) is 112 Å². The molecule has 0 radical (unpaired) electrons. The summed E-state index contributed by atoms with van der Waals surface area (Å²) in [4.78, 5) is 0. The van der Waals surface area contributed by atoms with E-state index < -0.39 is 7.05 Å². The smallest absolute Gasteiger partial charge is 0.183 e. The fraction of sp³-hybridized carbons (Fsp3) is 0. The Bertz CT molecular complexity index is 1870. The average molecular weight is 548 g/mol. The van der Waals surface area contributed by atoms with E-state index in [1.807, 2.05) is 54.6 Å². The van der Waals surface area contributed by atoms with Gasteiger partial charge in [-0.1, -0.05) is 152 Å². The van der Waals surface area contributed by atoms with Crippen LogP contribution in [0.15, 0.2) is 156 Å². The molecule has 0 bridgehead atoms. The Morgan fingerprint density at radius 3 is 1.41 bits per heavy atom. The minimum atomic E-state index is -2.55. The third kappa shape index (κ3) is 4.47. The SMILES string of the molecule is c1ccc(-c2nnc3[nH]nc(N=P(c4ccccc4)(c4ccccc4)c4ccccc4)c3c2-c2ccccc2)cc1. The number of nitrogens with one attached hydrogen (secondary N) is 1. The molecule has 2 aromatic heterocycles. The Balaban J connectivity index is 1.64. The lowest BCUT2D eigenvalue weighted by molar-refractivity contribution is 1.03. The summed E-state index contributed by atoms with van der Waals surface area (Å²) in [5, 5.41) is 21.6. The molecule has 0 aliphatic carbocycles. The highest BCUT2D eigenvalue weighted by atomic mass is 31.2. The Morgan fingerprint density at radius 2 is 0.927 bits per heavy atom. The number of nitrogens with zero attached hydrogens (tertiary/aromatic N) is 4. The van der Waals surface area contributed by atoms with Crippen molar-refractivity contribution in [3.63, 3.8) is 0 Å². The first-order chi connectivity index (χ1) is 20.3. The van der Waals surface area contributed by atoms with E-state index in [4.69, 9.17) is 9.84 Å². The van der Waals surface area contributed by atoms with E-state index in [1.54, 1.807) is 0 Å². The maximum Gasteiger partial charge on any atom is 0.183 e. The van der Waals surface area contributed by atoms with Crippen LogP contribution < -0.4 is 15.9 Å². The molecule has 2 heterocycles. The molecule has 41 heavy (non-hydrogen) atoms. The lowest BCUT2D eigenvalue weighted by Crippen LogP contribution is -2.25. The van der Waals surface area contributed by atoms with E-state index in [-0.39, 0.29) is 0 Å². The Kier molecular flexibility index (Phi) is 6.56. The van der Waals surface area contributed by atoms with Gasteiger partial charge in [0.05, 0.1) is 12.4 Å². The Labute approximate surface area is 238 Å². The Morgan fingerprint density at radius 1 is 0.488 bits per heavy atom. The van der Waals surface area contributed by atoms with Gasteiger partial charge in [0.15, 0.2) is 11.5 Å². The van der Waals surface area contributed by atoms with Gasteiger partial charge in [-0.15, -0.1) is 10.2 Å². The van der Waals surface area contributed by atoms with Gasteiger partial charge in [0.2, 0.25) is 0 Å². The molecular formula is C35H26N5P. The second-order valence-electron chi connectivity index (χ2n) is 9.67. The first-order valence-electron chi connectivity index (χ1n) is 13.5. The van der Waals surface area contributed by atoms with Gasteiger partial charge in [0.25, 0.3) is 0 Å². The molecule has 196 valence electrons. The molecule has 6 heteroatoms. The quantitative estimate of drug-likeness (QED) is 0.219. The number of benzene rings is 5. The van der Waals surface area contributed by atoms with Crippen molar-refractivity contribution in [2.45, 2.75) is 0 Å². The fourth-order valence-corrected chi connectivity index (χ4v) is 8.83. The van der Waals surface area contributed by atoms with Crippen molar-refractivity contribution < 1.29 is 0 Å². The zero-order valence-corrected chi connectivity index (χ0v) is 23.1. The molecule has 5 nitrogen and oxygen atoms in total. The summed E-state index contributed by atoms with van der Waals surface area (Å²) in [5.41, 5.74) is 4.39. The number of hydrogen-bond acceptors (Lipinski definition) is 4. The third-order valence-corrected chi connectivity index (χ3v) is 10.8. The molecule has 0 unspecified atom stereocenters. The van der Waals surface area contributed by atoms with E-state index in [9.17, 15) is 0 Å². The van der Waals surface area contributed by atoms with Crippen molar-refractivity contribution in [1.29, 1.82) is 0 Å². The van der Waals surface area contributed by atoms with Crippen molar-refractivity contribution in [3.8, 4) is 22.4 Å². The Hall–Kier alpha value is -5.12. The topological polar surface area (TPSA) is 66.8 Å². The largest absolute Gasteiger partial charge is 0.257 e. The number of fused-ring (bicyclic) bond motifs is 1. The molecular weight excluding hydrogens is 521 g/mol. The van der Waals surface area contributed by atoms with Gasteiger partial charge in [-0.2, -0.15) is 5.10 Å². The van der Waals surface area contributed by atoms with Crippen LogP contribution in [0.4, 0.5) is 5.82 Å². The molecule has 0 saturated heterocycles. The molecule has 5 aromatic carbocycles. The molecule has 0 saturated carbocycles. The monoisotopic (exact) mass is 547 g/mol. The number of H-pyrrole nitrogens is 1. The van der Waals surface area contributed by atoms with Crippen molar-refractivity contribution in [3.05, 3.63) is 152 Å². The number of aromatic amines is 1. The van der Waals surface area contributed by atoms with Crippen LogP contribution in [0.25, 0.3) is 33.4 Å². The van der Waals surface area contributed by atoms with Gasteiger partial charge in [0.1, 0.15) is 5.69 Å². The van der Waals surface area contributed by atoms with Gasteiger partial charge >= 0.3 is 0 Å². The standard InChI is InChI=1S/C35H26N5P/c1-6-16-26(17-7-1)31-32-34(37-36-33(31)27-18-8-2-9-19-27)38-39-35(32)40-41(28-20-10-3-11-21-28,29-22-12-4-13-23-29)30-24-14-5-15-25-30/h1-25H,(H,37,38,39). The van der Waals surface area contributed by atoms with Crippen molar-refractivity contribution in [2.75, 3.05) is 0 Å². The summed E-state index contributed by atoms with van der Waals surface area (Å²) >= 11 is 0. The normalized spacial score (nSPS) is 11.4. The number of rotatable bonds is 6. The van der Waals surface area contributed by atoms with Gasteiger partial charge in [0, 0.05) is 27.0 Å². The molecule has 0 aliphatic heterocycles. The zero-order chi connectivity index (χ0) is 27.5. The second-order valence-corrected chi connectivity index (χ2v) is 12.7. The van der Waals surface area contributed by atoms with Crippen LogP contribution in [0.5, 0.6) is 0 Å². The van der Waals surface area contributed by atoms with Crippen molar-refractivity contribution in [2.24, 2.45) is 4.74 Å². The lowest BCUT2D eigenvalue weighted by Gasteiger charge is -2.26. The zero-order valence-electron chi connectivity index (χ0n) is 22.2. The van der Waals surface area contributed by atoms with Crippen LogP contribution in [-0.2, 0) is 0 Å². The predicted molar refractivity (Wildman–Crippen MR) is 170 cm³/mol. The van der Waals surface area contributed by atoms with Crippen LogP contribution in [-0.4, -0.2) is 20.4 Å². The fourth-order valence-electron chi connectivity index (χ4n) is 5.34. The van der Waals surface area contributed by atoms with Crippen LogP contribution >= 0.6 is 7.05 Å². The lowest BCUT2D eigenvalue weighted by atomic mass is 9.97. The molecule has 1 N–H and O–H groups in total. The predicted octanol–water partition coefficient (Wildman–Crippen LogP) is 7.50. The summed E-state index contributed by atoms with van der Waals surface area (Å²) in [6.07, 6.45) is 0. The summed E-state index contributed by atoms with van der Waals surface area (Å²) in [7, 11) is -2.55. The van der Waals surface area contributed by atoms with Crippen LogP contribution in [0, 0.1) is 0 Å². The first-order valence-corrected chi connectivity index (χ1v) is 15.2. The van der Waals surface area contributed by atoms with Gasteiger partial charge in [-0.05, 0) is 5.56 Å². The molecule has 0 fully saturated rings. The summed E-state index contributed by atoms with van der Waals surface area (Å²) in [5.74, 6) is 0.621. The number of aromatic nitrogens is 4. The number of hydrogen-bond donors (Lipinski definition) is 1. The van der Waals surface area contributed by atoms with Crippen molar-refractivity contribution in [1.82, 2.24) is 20.4 Å². The van der Waals surface area contributed by atoms with Gasteiger partial charge in [-0.25, -0.2) is 4.74 Å². The average Bonchev–Trinajstić information content (AvgIpc) is 3.47. The molecule has 0 spiro atoms. The van der Waals surface area contributed by atoms with E-state index >= 15 is 0 Å². The maximum absolute atomic E-state index is 5.71. The molecule has 0 aliphatic rings. The molecule has 7 rings (SSSR count). The summed E-state index contributed by atoms with van der Waals surface area (Å²) < 4.78 is 5.71. The van der Waals surface area contributed by atoms with Crippen LogP contribution in [0.2, 0.25) is 0 Å². The highest BCUT2D eigenvalue weighted by molar-refractivity contribution is 7.87. The first kappa shape index (κ1) is 24.9. The van der Waals surface area contributed by atoms with Crippen molar-refractivity contribution >= 4 is 39.8 Å². The molecule has 0 atom stereocenters. The van der Waals surface area contributed by atoms with Gasteiger partial charge < -0.3 is 0 Å². The maximum atomic E-state index is 5.71. The van der Waals surface area contributed by atoms with Crippen LogP contribution in [0.1, 0.15) is 0 Å². The summed E-state index contributed by atoms with van der Waals surface area (Å²) in [6, 6.07) is 52.2. The molecule has 7 aromatic rings. The van der Waals surface area contributed by atoms with E-state index in [0.717, 1.165) is 43.7 Å². The minimum Gasteiger partial charge on any atom is -0.257 e. The van der Waals surface area contributed by atoms with E-state index in [1.165, 1.54) is 0 Å². The summed E-state index contributed by atoms with van der Waals surface area (Å²) in [6.45, 7) is 0. The highest BCUT2D eigenvalue weighted by Gasteiger charge is 2.29. The van der Waals surface area contributed by atoms with Gasteiger partial charge in [-0.3, -0.25) is 5.10 Å². The van der Waals surface area contributed by atoms with Crippen LogP contribution in [0.3, 0.4) is 0 Å². The second kappa shape index (κ2) is 10.8. The highest BCUT2D eigenvalue weighted by Crippen LogP contribution is 2.51. The molecule has 0 amide bonds.